The molecule has 1 saturated heterocycles. The molecule has 2 fully saturated rings. The lowest BCUT2D eigenvalue weighted by atomic mass is 9.79. The fourth-order valence-electron chi connectivity index (χ4n) is 5.84. The number of nitrogens with zero attached hydrogens (tertiary/aromatic N) is 6. The number of halogens is 1. The SMILES string of the molecule is CC1CCC(C(C)n2c(N3CCOC[C@H]3C)nc3nc(-c4n[nH]c(=O)o4)nc(-c4cccc(Cl)c4)c32)CC1. The highest BCUT2D eigenvalue weighted by atomic mass is 35.5. The van der Waals surface area contributed by atoms with Crippen molar-refractivity contribution in [2.75, 3.05) is 24.7 Å². The molecule has 10 nitrogen and oxygen atoms in total. The van der Waals surface area contributed by atoms with Gasteiger partial charge in [0.2, 0.25) is 11.8 Å². The van der Waals surface area contributed by atoms with Crippen LogP contribution in [-0.2, 0) is 4.74 Å². The van der Waals surface area contributed by atoms with Crippen LogP contribution in [0.25, 0.3) is 34.1 Å². The molecule has 3 aromatic heterocycles. The molecule has 200 valence electrons. The number of benzene rings is 1. The molecule has 4 heterocycles. The van der Waals surface area contributed by atoms with Crippen molar-refractivity contribution < 1.29 is 9.15 Å². The van der Waals surface area contributed by atoms with Gasteiger partial charge >= 0.3 is 5.76 Å². The fraction of sp³-hybridized carbons (Fsp3) is 0.519. The molecule has 1 aromatic carbocycles. The summed E-state index contributed by atoms with van der Waals surface area (Å²) < 4.78 is 13.3. The molecule has 6 rings (SSSR count). The number of anilines is 1. The van der Waals surface area contributed by atoms with E-state index in [9.17, 15) is 4.79 Å². The van der Waals surface area contributed by atoms with Crippen LogP contribution in [0, 0.1) is 11.8 Å². The molecule has 0 spiro atoms. The van der Waals surface area contributed by atoms with Crippen LogP contribution in [-0.4, -0.2) is 55.5 Å². The molecule has 0 amide bonds. The highest BCUT2D eigenvalue weighted by molar-refractivity contribution is 6.30. The zero-order valence-electron chi connectivity index (χ0n) is 21.9. The van der Waals surface area contributed by atoms with Crippen molar-refractivity contribution in [3.63, 3.8) is 0 Å². The van der Waals surface area contributed by atoms with Crippen molar-refractivity contribution in [3.8, 4) is 23.0 Å². The van der Waals surface area contributed by atoms with E-state index in [-0.39, 0.29) is 23.8 Å². The van der Waals surface area contributed by atoms with E-state index in [1.807, 2.05) is 24.3 Å². The average molecular weight is 538 g/mol. The number of aromatic amines is 1. The monoisotopic (exact) mass is 537 g/mol. The fourth-order valence-corrected chi connectivity index (χ4v) is 6.03. The molecule has 4 aromatic rings. The Labute approximate surface area is 225 Å². The number of fused-ring (bicyclic) bond motifs is 1. The number of morpholine rings is 1. The number of rotatable bonds is 5. The number of aromatic nitrogens is 6. The summed E-state index contributed by atoms with van der Waals surface area (Å²) in [6, 6.07) is 7.92. The summed E-state index contributed by atoms with van der Waals surface area (Å²) in [6.45, 7) is 8.80. The van der Waals surface area contributed by atoms with Gasteiger partial charge in [-0.2, -0.15) is 4.98 Å². The Morgan fingerprint density at radius 3 is 2.66 bits per heavy atom. The summed E-state index contributed by atoms with van der Waals surface area (Å²) in [6.07, 6.45) is 4.80. The smallest absolute Gasteiger partial charge is 0.384 e. The van der Waals surface area contributed by atoms with Gasteiger partial charge < -0.3 is 18.6 Å². The molecule has 2 atom stereocenters. The molecule has 1 saturated carbocycles. The van der Waals surface area contributed by atoms with E-state index in [1.165, 1.54) is 25.7 Å². The number of imidazole rings is 1. The van der Waals surface area contributed by atoms with Crippen molar-refractivity contribution in [3.05, 3.63) is 39.8 Å². The van der Waals surface area contributed by atoms with Gasteiger partial charge in [-0.3, -0.25) is 0 Å². The highest BCUT2D eigenvalue weighted by Gasteiger charge is 2.33. The van der Waals surface area contributed by atoms with Gasteiger partial charge in [0.25, 0.3) is 5.89 Å². The zero-order chi connectivity index (χ0) is 26.4. The summed E-state index contributed by atoms with van der Waals surface area (Å²) in [5.41, 5.74) is 2.87. The number of H-pyrrole nitrogens is 1. The van der Waals surface area contributed by atoms with Crippen LogP contribution in [0.15, 0.2) is 33.5 Å². The molecular weight excluding hydrogens is 506 g/mol. The summed E-state index contributed by atoms with van der Waals surface area (Å²) in [4.78, 5) is 28.8. The van der Waals surface area contributed by atoms with E-state index in [2.05, 4.69) is 40.4 Å². The lowest BCUT2D eigenvalue weighted by Gasteiger charge is -2.37. The molecule has 1 aliphatic heterocycles. The number of hydrogen-bond acceptors (Lipinski definition) is 8. The summed E-state index contributed by atoms with van der Waals surface area (Å²) in [5, 5.41) is 6.88. The van der Waals surface area contributed by atoms with E-state index in [0.717, 1.165) is 29.5 Å². The predicted octanol–water partition coefficient (Wildman–Crippen LogP) is 5.10. The van der Waals surface area contributed by atoms with Crippen LogP contribution in [0.5, 0.6) is 0 Å². The molecule has 38 heavy (non-hydrogen) atoms. The van der Waals surface area contributed by atoms with Crippen LogP contribution in [0.4, 0.5) is 5.95 Å². The second kappa shape index (κ2) is 10.1. The van der Waals surface area contributed by atoms with E-state index in [0.29, 0.717) is 35.5 Å². The van der Waals surface area contributed by atoms with Crippen LogP contribution in [0.2, 0.25) is 5.02 Å². The Morgan fingerprint density at radius 1 is 1.13 bits per heavy atom. The van der Waals surface area contributed by atoms with E-state index < -0.39 is 5.76 Å². The normalized spacial score (nSPS) is 23.2. The topological polar surface area (TPSA) is 115 Å². The maximum absolute atomic E-state index is 11.7. The first-order valence-corrected chi connectivity index (χ1v) is 13.7. The molecule has 0 radical (unpaired) electrons. The molecule has 1 N–H and O–H groups in total. The standard InChI is InChI=1S/C27H32ClN7O3/c1-15-7-9-18(10-8-15)17(3)35-22-21(19-5-4-6-20(28)13-19)29-24(25-32-33-27(36)38-25)30-23(22)31-26(35)34-11-12-37-14-16(34)2/h4-6,13,15-18H,7-12,14H2,1-3H3,(H,33,36)/t15?,16-,17?,18?/m1/s1. The maximum Gasteiger partial charge on any atom is 0.434 e. The van der Waals surface area contributed by atoms with Gasteiger partial charge in [-0.15, -0.1) is 5.10 Å². The molecule has 11 heteroatoms. The van der Waals surface area contributed by atoms with Crippen molar-refractivity contribution in [2.45, 2.75) is 58.5 Å². The van der Waals surface area contributed by atoms with E-state index in [1.54, 1.807) is 0 Å². The summed E-state index contributed by atoms with van der Waals surface area (Å²) in [7, 11) is 0. The number of hydrogen-bond donors (Lipinski definition) is 1. The third-order valence-corrected chi connectivity index (χ3v) is 8.26. The van der Waals surface area contributed by atoms with Gasteiger partial charge in [-0.1, -0.05) is 43.5 Å². The van der Waals surface area contributed by atoms with Crippen LogP contribution < -0.4 is 10.7 Å². The van der Waals surface area contributed by atoms with Gasteiger partial charge in [-0.25, -0.2) is 19.9 Å². The van der Waals surface area contributed by atoms with Gasteiger partial charge in [-0.05, 0) is 50.7 Å². The average Bonchev–Trinajstić information content (AvgIpc) is 3.52. The summed E-state index contributed by atoms with van der Waals surface area (Å²) in [5.74, 6) is 1.67. The quantitative estimate of drug-likeness (QED) is 0.374. The van der Waals surface area contributed by atoms with Gasteiger partial charge in [0.05, 0.1) is 19.3 Å². The van der Waals surface area contributed by atoms with E-state index >= 15 is 0 Å². The van der Waals surface area contributed by atoms with Crippen molar-refractivity contribution in [1.29, 1.82) is 0 Å². The van der Waals surface area contributed by atoms with Crippen molar-refractivity contribution >= 4 is 28.7 Å². The third-order valence-electron chi connectivity index (χ3n) is 8.03. The van der Waals surface area contributed by atoms with Gasteiger partial charge in [0.1, 0.15) is 11.2 Å². The first kappa shape index (κ1) is 25.1. The Morgan fingerprint density at radius 2 is 1.95 bits per heavy atom. The van der Waals surface area contributed by atoms with Gasteiger partial charge in [0, 0.05) is 23.2 Å². The van der Waals surface area contributed by atoms with Crippen LogP contribution in [0.3, 0.4) is 0 Å². The number of nitrogens with one attached hydrogen (secondary N) is 1. The first-order valence-electron chi connectivity index (χ1n) is 13.3. The lowest BCUT2D eigenvalue weighted by Crippen LogP contribution is -2.45. The molecule has 2 aliphatic rings. The first-order chi connectivity index (χ1) is 18.4. The maximum atomic E-state index is 11.7. The summed E-state index contributed by atoms with van der Waals surface area (Å²) >= 11 is 6.42. The van der Waals surface area contributed by atoms with Gasteiger partial charge in [0.15, 0.2) is 5.65 Å². The lowest BCUT2D eigenvalue weighted by molar-refractivity contribution is 0.0972. The minimum absolute atomic E-state index is 0.0188. The second-order valence-electron chi connectivity index (χ2n) is 10.7. The van der Waals surface area contributed by atoms with Crippen LogP contribution in [0.1, 0.15) is 52.5 Å². The minimum atomic E-state index is -0.665. The van der Waals surface area contributed by atoms with E-state index in [4.69, 9.17) is 35.7 Å². The zero-order valence-corrected chi connectivity index (χ0v) is 22.6. The molecule has 1 aliphatic carbocycles. The Kier molecular flexibility index (Phi) is 6.69. The minimum Gasteiger partial charge on any atom is -0.384 e. The number of ether oxygens (including phenoxy) is 1. The highest BCUT2D eigenvalue weighted by Crippen LogP contribution is 2.41. The Bertz CT molecular complexity index is 1500. The third kappa shape index (κ3) is 4.60. The van der Waals surface area contributed by atoms with Crippen molar-refractivity contribution in [2.24, 2.45) is 11.8 Å². The largest absolute Gasteiger partial charge is 0.434 e. The van der Waals surface area contributed by atoms with Crippen molar-refractivity contribution in [1.82, 2.24) is 29.7 Å². The van der Waals surface area contributed by atoms with Crippen LogP contribution >= 0.6 is 11.6 Å². The predicted molar refractivity (Wildman–Crippen MR) is 145 cm³/mol. The molecular formula is C27H32ClN7O3. The Hall–Kier alpha value is -3.24. The Balaban J connectivity index is 1.61. The molecule has 0 bridgehead atoms. The molecule has 1 unspecified atom stereocenters. The second-order valence-corrected chi connectivity index (χ2v) is 11.1.